The zero-order valence-electron chi connectivity index (χ0n) is 15.6. The Hall–Kier alpha value is -1.49. The fraction of sp³-hybridized carbons (Fsp3) is 0.619. The molecule has 1 aromatic rings. The van der Waals surface area contributed by atoms with E-state index in [0.29, 0.717) is 24.8 Å². The third-order valence-electron chi connectivity index (χ3n) is 4.94. The quantitative estimate of drug-likeness (QED) is 0.549. The fourth-order valence-corrected chi connectivity index (χ4v) is 4.42. The molecule has 0 unspecified atom stereocenters. The highest BCUT2D eigenvalue weighted by Gasteiger charge is 2.26. The summed E-state index contributed by atoms with van der Waals surface area (Å²) in [5.74, 6) is 1.34. The number of aryl methyl sites for hydroxylation is 1. The van der Waals surface area contributed by atoms with Crippen LogP contribution in [-0.4, -0.2) is 46.0 Å². The van der Waals surface area contributed by atoms with Gasteiger partial charge in [0, 0.05) is 31.2 Å². The van der Waals surface area contributed by atoms with E-state index in [9.17, 15) is 9.59 Å². The zero-order chi connectivity index (χ0) is 18.6. The minimum Gasteiger partial charge on any atom is -0.481 e. The molecule has 1 aliphatic rings. The van der Waals surface area contributed by atoms with E-state index in [1.807, 2.05) is 0 Å². The summed E-state index contributed by atoms with van der Waals surface area (Å²) in [6.45, 7) is 0.805. The summed E-state index contributed by atoms with van der Waals surface area (Å²) >= 11 is 1.76. The van der Waals surface area contributed by atoms with Crippen molar-refractivity contribution in [2.24, 2.45) is 0 Å². The van der Waals surface area contributed by atoms with Gasteiger partial charge < -0.3 is 10.0 Å². The Bertz CT molecular complexity index is 549. The van der Waals surface area contributed by atoms with Gasteiger partial charge in [-0.05, 0) is 49.8 Å². The number of piperidine rings is 1. The largest absolute Gasteiger partial charge is 0.481 e. The minimum absolute atomic E-state index is 0.236. The lowest BCUT2D eigenvalue weighted by Crippen LogP contribution is -2.44. The average molecular weight is 378 g/mol. The highest BCUT2D eigenvalue weighted by Crippen LogP contribution is 2.23. The Labute approximate surface area is 161 Å². The number of aliphatic carboxylic acids is 1. The number of carbonyl (C=O) groups excluding carboxylic acids is 1. The van der Waals surface area contributed by atoms with Crippen molar-refractivity contribution in [1.29, 1.82) is 0 Å². The number of hydrogen-bond acceptors (Lipinski definition) is 3. The first kappa shape index (κ1) is 20.8. The summed E-state index contributed by atoms with van der Waals surface area (Å²) in [4.78, 5) is 24.9. The number of unbranched alkanes of at least 4 members (excludes halogenated alkanes) is 1. The first-order chi connectivity index (χ1) is 12.7. The van der Waals surface area contributed by atoms with Crippen LogP contribution in [0.3, 0.4) is 0 Å². The van der Waals surface area contributed by atoms with Crippen molar-refractivity contribution in [2.45, 2.75) is 63.8 Å². The molecule has 1 aromatic carbocycles. The lowest BCUT2D eigenvalue weighted by atomic mass is 9.95. The van der Waals surface area contributed by atoms with Gasteiger partial charge in [0.25, 0.3) is 0 Å². The maximum absolute atomic E-state index is 12.3. The fourth-order valence-electron chi connectivity index (χ4n) is 3.54. The molecule has 1 atom stereocenters. The maximum atomic E-state index is 12.3. The van der Waals surface area contributed by atoms with Crippen LogP contribution in [-0.2, 0) is 16.0 Å². The molecule has 5 heteroatoms. The van der Waals surface area contributed by atoms with E-state index in [1.165, 1.54) is 12.0 Å². The summed E-state index contributed by atoms with van der Waals surface area (Å²) in [6.07, 6.45) is 8.32. The van der Waals surface area contributed by atoms with E-state index in [1.54, 1.807) is 11.8 Å². The average Bonchev–Trinajstić information content (AvgIpc) is 2.64. The van der Waals surface area contributed by atoms with Crippen LogP contribution in [0.1, 0.15) is 56.9 Å². The molecule has 0 bridgehead atoms. The first-order valence-corrected chi connectivity index (χ1v) is 10.9. The van der Waals surface area contributed by atoms with Gasteiger partial charge in [-0.3, -0.25) is 9.59 Å². The highest BCUT2D eigenvalue weighted by atomic mass is 32.2. The number of benzene rings is 1. The molecule has 4 nitrogen and oxygen atoms in total. The Morgan fingerprint density at radius 2 is 1.96 bits per heavy atom. The van der Waals surface area contributed by atoms with E-state index in [0.717, 1.165) is 50.2 Å². The van der Waals surface area contributed by atoms with Crippen molar-refractivity contribution in [3.05, 3.63) is 35.9 Å². The first-order valence-electron chi connectivity index (χ1n) is 9.80. The van der Waals surface area contributed by atoms with E-state index < -0.39 is 5.97 Å². The smallest absolute Gasteiger partial charge is 0.303 e. The Morgan fingerprint density at radius 3 is 2.73 bits per heavy atom. The minimum atomic E-state index is -0.729. The standard InChI is InChI=1S/C21H31NO3S/c23-20-13-6-12-19(11-5-4-10-18-8-2-1-3-9-18)22(20)15-17-26-16-7-14-21(24)25/h1-3,8-9,19H,4-7,10-17H2,(H,24,25)/t19-/m0/s1. The molecule has 0 aliphatic carbocycles. The van der Waals surface area contributed by atoms with Gasteiger partial charge >= 0.3 is 5.97 Å². The number of amides is 1. The van der Waals surface area contributed by atoms with Crippen LogP contribution in [0.4, 0.5) is 0 Å². The van der Waals surface area contributed by atoms with Gasteiger partial charge in [-0.2, -0.15) is 11.8 Å². The maximum Gasteiger partial charge on any atom is 0.303 e. The number of thioether (sulfide) groups is 1. The van der Waals surface area contributed by atoms with Crippen LogP contribution in [0.5, 0.6) is 0 Å². The third-order valence-corrected chi connectivity index (χ3v) is 5.99. The molecule has 1 heterocycles. The predicted molar refractivity (Wildman–Crippen MR) is 108 cm³/mol. The van der Waals surface area contributed by atoms with Crippen molar-refractivity contribution in [3.63, 3.8) is 0 Å². The second-order valence-electron chi connectivity index (χ2n) is 6.97. The number of carbonyl (C=O) groups is 2. The van der Waals surface area contributed by atoms with Gasteiger partial charge in [0.2, 0.25) is 5.91 Å². The third kappa shape index (κ3) is 7.81. The summed E-state index contributed by atoms with van der Waals surface area (Å²) in [5.41, 5.74) is 1.39. The van der Waals surface area contributed by atoms with Crippen LogP contribution >= 0.6 is 11.8 Å². The van der Waals surface area contributed by atoms with Gasteiger partial charge in [0.05, 0.1) is 0 Å². The molecule has 2 rings (SSSR count). The van der Waals surface area contributed by atoms with E-state index in [4.69, 9.17) is 5.11 Å². The normalized spacial score (nSPS) is 17.5. The van der Waals surface area contributed by atoms with Gasteiger partial charge in [0.1, 0.15) is 0 Å². The monoisotopic (exact) mass is 377 g/mol. The topological polar surface area (TPSA) is 57.6 Å². The number of nitrogens with zero attached hydrogens (tertiary/aromatic N) is 1. The molecule has 0 aromatic heterocycles. The molecular weight excluding hydrogens is 346 g/mol. The number of rotatable bonds is 12. The van der Waals surface area contributed by atoms with Crippen molar-refractivity contribution < 1.29 is 14.7 Å². The molecule has 1 aliphatic heterocycles. The molecule has 1 fully saturated rings. The number of carboxylic acids is 1. The molecule has 0 spiro atoms. The molecule has 1 saturated heterocycles. The number of hydrogen-bond donors (Lipinski definition) is 1. The summed E-state index contributed by atoms with van der Waals surface area (Å²) < 4.78 is 0. The molecule has 26 heavy (non-hydrogen) atoms. The molecule has 0 radical (unpaired) electrons. The second-order valence-corrected chi connectivity index (χ2v) is 8.20. The Kier molecular flexibility index (Phi) is 9.61. The Balaban J connectivity index is 1.66. The molecule has 144 valence electrons. The van der Waals surface area contributed by atoms with Gasteiger partial charge in [-0.15, -0.1) is 0 Å². The van der Waals surface area contributed by atoms with Crippen molar-refractivity contribution in [3.8, 4) is 0 Å². The number of carboxylic acid groups (broad SMARTS) is 1. The molecule has 1 amide bonds. The van der Waals surface area contributed by atoms with Crippen molar-refractivity contribution in [2.75, 3.05) is 18.1 Å². The van der Waals surface area contributed by atoms with Crippen LogP contribution in [0.2, 0.25) is 0 Å². The van der Waals surface area contributed by atoms with Gasteiger partial charge in [0.15, 0.2) is 0 Å². The highest BCUT2D eigenvalue weighted by molar-refractivity contribution is 7.99. The summed E-state index contributed by atoms with van der Waals surface area (Å²) in [5, 5.41) is 8.66. The van der Waals surface area contributed by atoms with Crippen LogP contribution in [0.25, 0.3) is 0 Å². The molecule has 0 saturated carbocycles. The number of likely N-dealkylation sites (tertiary alicyclic amines) is 1. The van der Waals surface area contributed by atoms with Crippen LogP contribution < -0.4 is 0 Å². The zero-order valence-corrected chi connectivity index (χ0v) is 16.4. The van der Waals surface area contributed by atoms with Crippen molar-refractivity contribution in [1.82, 2.24) is 4.90 Å². The van der Waals surface area contributed by atoms with E-state index >= 15 is 0 Å². The summed E-state index contributed by atoms with van der Waals surface area (Å²) in [7, 11) is 0. The summed E-state index contributed by atoms with van der Waals surface area (Å²) in [6, 6.07) is 11.0. The molecular formula is C21H31NO3S. The lowest BCUT2D eigenvalue weighted by molar-refractivity contribution is -0.137. The second kappa shape index (κ2) is 12.0. The van der Waals surface area contributed by atoms with E-state index in [2.05, 4.69) is 35.2 Å². The Morgan fingerprint density at radius 1 is 1.15 bits per heavy atom. The van der Waals surface area contributed by atoms with Crippen LogP contribution in [0.15, 0.2) is 30.3 Å². The lowest BCUT2D eigenvalue weighted by Gasteiger charge is -2.36. The molecule has 1 N–H and O–H groups in total. The SMILES string of the molecule is O=C(O)CCCSCCN1C(=O)CCC[C@@H]1CCCCc1ccccc1. The van der Waals surface area contributed by atoms with Gasteiger partial charge in [-0.1, -0.05) is 36.8 Å². The predicted octanol–water partition coefficient (Wildman–Crippen LogP) is 4.38. The van der Waals surface area contributed by atoms with Crippen LogP contribution in [0, 0.1) is 0 Å². The van der Waals surface area contributed by atoms with Crippen molar-refractivity contribution >= 4 is 23.6 Å². The van der Waals surface area contributed by atoms with Gasteiger partial charge in [-0.25, -0.2) is 0 Å². The van der Waals surface area contributed by atoms with E-state index in [-0.39, 0.29) is 6.42 Å².